The average molecular weight is 296 g/mol. The molecule has 22 heavy (non-hydrogen) atoms. The molecule has 116 valence electrons. The summed E-state index contributed by atoms with van der Waals surface area (Å²) in [7, 11) is 3.97. The van der Waals surface area contributed by atoms with Crippen LogP contribution >= 0.6 is 0 Å². The van der Waals surface area contributed by atoms with Gasteiger partial charge in [0, 0.05) is 37.6 Å². The lowest BCUT2D eigenvalue weighted by Crippen LogP contribution is -2.11. The van der Waals surface area contributed by atoms with Gasteiger partial charge in [-0.25, -0.2) is 0 Å². The monoisotopic (exact) mass is 296 g/mol. The molecule has 0 unspecified atom stereocenters. The Labute approximate surface area is 132 Å². The zero-order chi connectivity index (χ0) is 16.3. The van der Waals surface area contributed by atoms with Crippen LogP contribution in [0.25, 0.3) is 5.57 Å². The summed E-state index contributed by atoms with van der Waals surface area (Å²) in [6.45, 7) is 6.61. The number of nitrogens with zero attached hydrogens (tertiary/aromatic N) is 1. The van der Waals surface area contributed by atoms with Crippen LogP contribution in [0.4, 0.5) is 0 Å². The van der Waals surface area contributed by atoms with Crippen molar-refractivity contribution in [3.8, 4) is 0 Å². The molecule has 3 nitrogen and oxygen atoms in total. The Morgan fingerprint density at radius 3 is 2.23 bits per heavy atom. The van der Waals surface area contributed by atoms with Crippen molar-refractivity contribution in [3.63, 3.8) is 0 Å². The maximum atomic E-state index is 11.2. The van der Waals surface area contributed by atoms with Crippen LogP contribution in [0.5, 0.6) is 0 Å². The van der Waals surface area contributed by atoms with Crippen LogP contribution in [0, 0.1) is 0 Å². The van der Waals surface area contributed by atoms with Gasteiger partial charge in [0.15, 0.2) is 6.29 Å². The number of aromatic amines is 1. The van der Waals surface area contributed by atoms with Gasteiger partial charge in [-0.2, -0.15) is 0 Å². The molecular weight excluding hydrogens is 272 g/mol. The first-order chi connectivity index (χ1) is 10.3. The molecule has 1 heterocycles. The van der Waals surface area contributed by atoms with E-state index in [0.29, 0.717) is 5.69 Å². The summed E-state index contributed by atoms with van der Waals surface area (Å²) in [5.74, 6) is 0. The highest BCUT2D eigenvalue weighted by atomic mass is 16.1. The van der Waals surface area contributed by atoms with Crippen LogP contribution < -0.4 is 0 Å². The van der Waals surface area contributed by atoms with Crippen LogP contribution in [-0.2, 0) is 5.41 Å². The van der Waals surface area contributed by atoms with Gasteiger partial charge < -0.3 is 9.88 Å². The minimum atomic E-state index is 0.131. The minimum absolute atomic E-state index is 0.131. The molecule has 0 aliphatic carbocycles. The zero-order valence-corrected chi connectivity index (χ0v) is 14.0. The second kappa shape index (κ2) is 6.22. The predicted molar refractivity (Wildman–Crippen MR) is 92.1 cm³/mol. The van der Waals surface area contributed by atoms with E-state index in [0.717, 1.165) is 23.0 Å². The van der Waals surface area contributed by atoms with Crippen LogP contribution in [-0.4, -0.2) is 30.3 Å². The number of benzene rings is 1. The van der Waals surface area contributed by atoms with Crippen LogP contribution in [0.2, 0.25) is 0 Å². The van der Waals surface area contributed by atoms with Crippen molar-refractivity contribution >= 4 is 11.9 Å². The van der Waals surface area contributed by atoms with Crippen molar-refractivity contribution in [2.75, 3.05) is 14.1 Å². The van der Waals surface area contributed by atoms with E-state index in [2.05, 4.69) is 50.0 Å². The summed E-state index contributed by atoms with van der Waals surface area (Å²) in [4.78, 5) is 16.2. The lowest BCUT2D eigenvalue weighted by atomic mass is 9.86. The number of H-pyrrole nitrogens is 1. The summed E-state index contributed by atoms with van der Waals surface area (Å²) in [5.41, 5.74) is 5.09. The van der Waals surface area contributed by atoms with E-state index in [1.165, 1.54) is 5.56 Å². The van der Waals surface area contributed by atoms with Crippen molar-refractivity contribution < 1.29 is 4.79 Å². The summed E-state index contributed by atoms with van der Waals surface area (Å²) < 4.78 is 0. The third kappa shape index (κ3) is 3.48. The Balaban J connectivity index is 2.50. The molecule has 0 aliphatic rings. The Morgan fingerprint density at radius 1 is 1.09 bits per heavy atom. The lowest BCUT2D eigenvalue weighted by Gasteiger charge is -2.20. The number of aldehydes is 1. The fraction of sp³-hybridized carbons (Fsp3) is 0.316. The molecule has 0 atom stereocenters. The van der Waals surface area contributed by atoms with E-state index in [1.54, 1.807) is 6.20 Å². The second-order valence-corrected chi connectivity index (χ2v) is 6.76. The zero-order valence-electron chi connectivity index (χ0n) is 14.0. The van der Waals surface area contributed by atoms with Gasteiger partial charge in [0.2, 0.25) is 0 Å². The number of hydrogen-bond acceptors (Lipinski definition) is 2. The number of hydrogen-bond donors (Lipinski definition) is 1. The third-order valence-electron chi connectivity index (χ3n) is 3.64. The molecule has 0 fully saturated rings. The van der Waals surface area contributed by atoms with Gasteiger partial charge in [-0.05, 0) is 22.6 Å². The van der Waals surface area contributed by atoms with Gasteiger partial charge in [-0.3, -0.25) is 4.79 Å². The number of aromatic nitrogens is 1. The molecule has 0 saturated heterocycles. The fourth-order valence-electron chi connectivity index (χ4n) is 2.42. The van der Waals surface area contributed by atoms with E-state index < -0.39 is 0 Å². The Bertz CT molecular complexity index is 670. The normalized spacial score (nSPS) is 12.3. The molecule has 1 N–H and O–H groups in total. The maximum absolute atomic E-state index is 11.2. The van der Waals surface area contributed by atoms with E-state index in [9.17, 15) is 4.79 Å². The first kappa shape index (κ1) is 16.1. The maximum Gasteiger partial charge on any atom is 0.166 e. The molecule has 0 aliphatic heterocycles. The topological polar surface area (TPSA) is 36.1 Å². The molecule has 3 heteroatoms. The van der Waals surface area contributed by atoms with Gasteiger partial charge in [0.25, 0.3) is 0 Å². The van der Waals surface area contributed by atoms with E-state index in [1.807, 2.05) is 31.3 Å². The van der Waals surface area contributed by atoms with Crippen molar-refractivity contribution in [1.29, 1.82) is 0 Å². The average Bonchev–Trinajstić information content (AvgIpc) is 2.92. The van der Waals surface area contributed by atoms with E-state index in [-0.39, 0.29) is 5.41 Å². The largest absolute Gasteiger partial charge is 0.383 e. The van der Waals surface area contributed by atoms with Gasteiger partial charge in [-0.1, -0.05) is 45.0 Å². The molecule has 0 bridgehead atoms. The third-order valence-corrected chi connectivity index (χ3v) is 3.64. The van der Waals surface area contributed by atoms with Gasteiger partial charge in [-0.15, -0.1) is 0 Å². The van der Waals surface area contributed by atoms with Crippen molar-refractivity contribution in [1.82, 2.24) is 9.88 Å². The fourth-order valence-corrected chi connectivity index (χ4v) is 2.42. The van der Waals surface area contributed by atoms with Crippen LogP contribution in [0.15, 0.2) is 42.7 Å². The quantitative estimate of drug-likeness (QED) is 0.863. The molecule has 1 aromatic carbocycles. The standard InChI is InChI=1S/C19H24N2O/c1-19(2,3)15-8-6-14(7-9-15)17(12-21(4)5)16-10-11-20-18(16)13-22/h6-13,20H,1-5H3/b17-12-. The molecule has 1 aromatic heterocycles. The summed E-state index contributed by atoms with van der Waals surface area (Å²) in [6.07, 6.45) is 4.71. The molecular formula is C19H24N2O. The van der Waals surface area contributed by atoms with E-state index in [4.69, 9.17) is 0 Å². The summed E-state index contributed by atoms with van der Waals surface area (Å²) in [5, 5.41) is 0. The molecule has 0 saturated carbocycles. The summed E-state index contributed by atoms with van der Waals surface area (Å²) >= 11 is 0. The highest BCUT2D eigenvalue weighted by molar-refractivity contribution is 5.89. The number of rotatable bonds is 4. The van der Waals surface area contributed by atoms with Crippen molar-refractivity contribution in [2.24, 2.45) is 0 Å². The second-order valence-electron chi connectivity index (χ2n) is 6.76. The lowest BCUT2D eigenvalue weighted by molar-refractivity contribution is 0.111. The van der Waals surface area contributed by atoms with Crippen molar-refractivity contribution in [3.05, 3.63) is 65.1 Å². The predicted octanol–water partition coefficient (Wildman–Crippen LogP) is 4.08. The molecule has 2 rings (SSSR count). The van der Waals surface area contributed by atoms with Gasteiger partial charge >= 0.3 is 0 Å². The number of carbonyl (C=O) groups excluding carboxylic acids is 1. The highest BCUT2D eigenvalue weighted by Gasteiger charge is 2.15. The number of nitrogens with one attached hydrogen (secondary N) is 1. The molecule has 0 radical (unpaired) electrons. The van der Waals surface area contributed by atoms with Gasteiger partial charge in [0.05, 0.1) is 5.69 Å². The summed E-state index contributed by atoms with van der Waals surface area (Å²) in [6, 6.07) is 10.5. The number of carbonyl (C=O) groups is 1. The van der Waals surface area contributed by atoms with Crippen LogP contribution in [0.3, 0.4) is 0 Å². The van der Waals surface area contributed by atoms with Gasteiger partial charge in [0.1, 0.15) is 0 Å². The first-order valence-corrected chi connectivity index (χ1v) is 7.45. The van der Waals surface area contributed by atoms with Crippen LogP contribution in [0.1, 0.15) is 48.0 Å². The Hall–Kier alpha value is -2.29. The minimum Gasteiger partial charge on any atom is -0.383 e. The molecule has 2 aromatic rings. The molecule has 0 spiro atoms. The van der Waals surface area contributed by atoms with Crippen molar-refractivity contribution in [2.45, 2.75) is 26.2 Å². The highest BCUT2D eigenvalue weighted by Crippen LogP contribution is 2.28. The van der Waals surface area contributed by atoms with E-state index >= 15 is 0 Å². The molecule has 0 amide bonds. The smallest absolute Gasteiger partial charge is 0.166 e. The Morgan fingerprint density at radius 2 is 1.73 bits per heavy atom. The SMILES string of the molecule is CN(C)/C=C(/c1ccc(C(C)(C)C)cc1)c1cc[nH]c1C=O. The Kier molecular flexibility index (Phi) is 4.55. The first-order valence-electron chi connectivity index (χ1n) is 7.45.